The predicted octanol–water partition coefficient (Wildman–Crippen LogP) is 3.16. The van der Waals surface area contributed by atoms with Crippen molar-refractivity contribution in [2.75, 3.05) is 31.6 Å². The number of amides is 1. The van der Waals surface area contributed by atoms with Crippen LogP contribution in [0.2, 0.25) is 0 Å². The van der Waals surface area contributed by atoms with Crippen LogP contribution in [-0.2, 0) is 20.7 Å². The van der Waals surface area contributed by atoms with E-state index in [1.165, 1.54) is 19.3 Å². The van der Waals surface area contributed by atoms with Gasteiger partial charge in [-0.15, -0.1) is 0 Å². The normalized spacial score (nSPS) is 28.1. The first-order chi connectivity index (χ1) is 13.0. The van der Waals surface area contributed by atoms with Gasteiger partial charge in [-0.1, -0.05) is 30.7 Å². The molecular formula is C22H28N2O3. The molecule has 1 aromatic carbocycles. The molecule has 0 aromatic heterocycles. The minimum Gasteiger partial charge on any atom is -0.465 e. The number of ether oxygens (including phenoxy) is 1. The second kappa shape index (κ2) is 7.47. The van der Waals surface area contributed by atoms with Crippen LogP contribution in [0, 0.1) is 11.3 Å². The van der Waals surface area contributed by atoms with Crippen molar-refractivity contribution in [1.29, 1.82) is 0 Å². The Morgan fingerprint density at radius 3 is 2.70 bits per heavy atom. The number of piperidine rings is 1. The van der Waals surface area contributed by atoms with Gasteiger partial charge in [0.05, 0.1) is 18.6 Å². The molecule has 5 nitrogen and oxygen atoms in total. The molecule has 2 saturated heterocycles. The van der Waals surface area contributed by atoms with Crippen LogP contribution < -0.4 is 5.32 Å². The third kappa shape index (κ3) is 3.79. The second-order valence-corrected chi connectivity index (χ2v) is 8.34. The largest absolute Gasteiger partial charge is 0.465 e. The molecule has 4 rings (SSSR count). The van der Waals surface area contributed by atoms with Gasteiger partial charge in [-0.3, -0.25) is 14.5 Å². The monoisotopic (exact) mass is 368 g/mol. The molecule has 5 heteroatoms. The van der Waals surface area contributed by atoms with E-state index in [9.17, 15) is 9.59 Å². The van der Waals surface area contributed by atoms with E-state index in [-0.39, 0.29) is 17.8 Å². The lowest BCUT2D eigenvalue weighted by molar-refractivity contribution is -0.146. The number of fused-ring (bicyclic) bond motifs is 1. The highest BCUT2D eigenvalue weighted by molar-refractivity contribution is 5.92. The van der Waals surface area contributed by atoms with E-state index in [4.69, 9.17) is 4.74 Å². The SMILES string of the molecule is C=C1CC2COC(=O)C2(Cc2ccc(NC(=O)CN3CCCCC3)cc2)C1. The van der Waals surface area contributed by atoms with Gasteiger partial charge in [0.15, 0.2) is 0 Å². The fourth-order valence-corrected chi connectivity index (χ4v) is 4.85. The Hall–Kier alpha value is -2.14. The molecule has 2 heterocycles. The number of nitrogens with one attached hydrogen (secondary N) is 1. The summed E-state index contributed by atoms with van der Waals surface area (Å²) in [6, 6.07) is 7.88. The number of carbonyl (C=O) groups excluding carboxylic acids is 2. The van der Waals surface area contributed by atoms with Crippen molar-refractivity contribution >= 4 is 17.6 Å². The highest BCUT2D eigenvalue weighted by Gasteiger charge is 2.55. The summed E-state index contributed by atoms with van der Waals surface area (Å²) >= 11 is 0. The van der Waals surface area contributed by atoms with Crippen molar-refractivity contribution in [2.45, 2.75) is 38.5 Å². The summed E-state index contributed by atoms with van der Waals surface area (Å²) in [5.74, 6) is 0.209. The first-order valence-corrected chi connectivity index (χ1v) is 10.0. The molecule has 144 valence electrons. The van der Waals surface area contributed by atoms with Crippen molar-refractivity contribution in [1.82, 2.24) is 4.90 Å². The number of hydrogen-bond donors (Lipinski definition) is 1. The Morgan fingerprint density at radius 1 is 1.22 bits per heavy atom. The average molecular weight is 368 g/mol. The quantitative estimate of drug-likeness (QED) is 0.641. The molecule has 2 atom stereocenters. The summed E-state index contributed by atoms with van der Waals surface area (Å²) in [4.78, 5) is 26.9. The molecule has 27 heavy (non-hydrogen) atoms. The molecule has 0 radical (unpaired) electrons. The van der Waals surface area contributed by atoms with Crippen LogP contribution >= 0.6 is 0 Å². The summed E-state index contributed by atoms with van der Waals surface area (Å²) in [5.41, 5.74) is 2.62. The fraction of sp³-hybridized carbons (Fsp3) is 0.545. The van der Waals surface area contributed by atoms with Crippen molar-refractivity contribution in [3.63, 3.8) is 0 Å². The van der Waals surface area contributed by atoms with Crippen LogP contribution in [0.4, 0.5) is 5.69 Å². The molecule has 2 unspecified atom stereocenters. The maximum Gasteiger partial charge on any atom is 0.313 e. The van der Waals surface area contributed by atoms with Crippen molar-refractivity contribution in [3.05, 3.63) is 42.0 Å². The topological polar surface area (TPSA) is 58.6 Å². The summed E-state index contributed by atoms with van der Waals surface area (Å²) in [7, 11) is 0. The summed E-state index contributed by atoms with van der Waals surface area (Å²) < 4.78 is 5.35. The van der Waals surface area contributed by atoms with Gasteiger partial charge < -0.3 is 10.1 Å². The number of esters is 1. The third-order valence-electron chi connectivity index (χ3n) is 6.28. The van der Waals surface area contributed by atoms with Gasteiger partial charge in [-0.2, -0.15) is 0 Å². The molecule has 3 aliphatic rings. The van der Waals surface area contributed by atoms with E-state index >= 15 is 0 Å². The van der Waals surface area contributed by atoms with Crippen LogP contribution in [0.15, 0.2) is 36.4 Å². The summed E-state index contributed by atoms with van der Waals surface area (Å²) in [6.45, 7) is 7.09. The Morgan fingerprint density at radius 2 is 1.96 bits per heavy atom. The number of nitrogens with zero attached hydrogens (tertiary/aromatic N) is 1. The molecule has 2 aliphatic heterocycles. The number of benzene rings is 1. The fourth-order valence-electron chi connectivity index (χ4n) is 4.85. The maximum absolute atomic E-state index is 12.4. The zero-order valence-electron chi connectivity index (χ0n) is 15.8. The average Bonchev–Trinajstić information content (AvgIpc) is 3.12. The minimum absolute atomic E-state index is 0.0368. The van der Waals surface area contributed by atoms with E-state index in [0.717, 1.165) is 42.8 Å². The van der Waals surface area contributed by atoms with Crippen molar-refractivity contribution < 1.29 is 14.3 Å². The van der Waals surface area contributed by atoms with Gasteiger partial charge in [-0.05, 0) is 62.9 Å². The van der Waals surface area contributed by atoms with Gasteiger partial charge in [0.2, 0.25) is 5.91 Å². The minimum atomic E-state index is -0.434. The van der Waals surface area contributed by atoms with E-state index in [1.807, 2.05) is 24.3 Å². The molecule has 1 aromatic rings. The van der Waals surface area contributed by atoms with Crippen molar-refractivity contribution in [3.8, 4) is 0 Å². The first kappa shape index (κ1) is 18.2. The molecule has 0 bridgehead atoms. The number of allylic oxidation sites excluding steroid dienone is 1. The Bertz CT molecular complexity index is 736. The van der Waals surface area contributed by atoms with E-state index < -0.39 is 5.41 Å². The molecule has 0 spiro atoms. The van der Waals surface area contributed by atoms with E-state index in [1.54, 1.807) is 0 Å². The zero-order chi connectivity index (χ0) is 18.9. The lowest BCUT2D eigenvalue weighted by Crippen LogP contribution is -2.36. The Kier molecular flexibility index (Phi) is 5.04. The lowest BCUT2D eigenvalue weighted by Gasteiger charge is -2.25. The molecule has 1 aliphatic carbocycles. The highest BCUT2D eigenvalue weighted by Crippen LogP contribution is 2.52. The number of cyclic esters (lactones) is 1. The number of rotatable bonds is 5. The third-order valence-corrected chi connectivity index (χ3v) is 6.28. The van der Waals surface area contributed by atoms with Gasteiger partial charge in [0, 0.05) is 11.6 Å². The molecule has 1 amide bonds. The number of carbonyl (C=O) groups is 2. The lowest BCUT2D eigenvalue weighted by atomic mass is 9.75. The van der Waals surface area contributed by atoms with Crippen LogP contribution in [-0.4, -0.2) is 43.0 Å². The molecule has 1 N–H and O–H groups in total. The second-order valence-electron chi connectivity index (χ2n) is 8.34. The van der Waals surface area contributed by atoms with Crippen LogP contribution in [0.25, 0.3) is 0 Å². The van der Waals surface area contributed by atoms with Gasteiger partial charge >= 0.3 is 5.97 Å². The van der Waals surface area contributed by atoms with Crippen LogP contribution in [0.3, 0.4) is 0 Å². The van der Waals surface area contributed by atoms with Gasteiger partial charge in [0.25, 0.3) is 0 Å². The molecular weight excluding hydrogens is 340 g/mol. The summed E-state index contributed by atoms with van der Waals surface area (Å²) in [5, 5.41) is 2.98. The Labute approximate surface area is 160 Å². The van der Waals surface area contributed by atoms with Gasteiger partial charge in [-0.25, -0.2) is 0 Å². The van der Waals surface area contributed by atoms with Crippen molar-refractivity contribution in [2.24, 2.45) is 11.3 Å². The zero-order valence-corrected chi connectivity index (χ0v) is 15.8. The maximum atomic E-state index is 12.4. The molecule has 3 fully saturated rings. The van der Waals surface area contributed by atoms with Crippen LogP contribution in [0.5, 0.6) is 0 Å². The number of likely N-dealkylation sites (tertiary alicyclic amines) is 1. The van der Waals surface area contributed by atoms with Crippen LogP contribution in [0.1, 0.15) is 37.7 Å². The number of hydrogen-bond acceptors (Lipinski definition) is 4. The summed E-state index contributed by atoms with van der Waals surface area (Å²) in [6.07, 6.45) is 5.92. The van der Waals surface area contributed by atoms with Gasteiger partial charge in [0.1, 0.15) is 0 Å². The van der Waals surface area contributed by atoms with E-state index in [2.05, 4.69) is 16.8 Å². The van der Waals surface area contributed by atoms with E-state index in [0.29, 0.717) is 19.6 Å². The Balaban J connectivity index is 1.37. The predicted molar refractivity (Wildman–Crippen MR) is 104 cm³/mol. The highest BCUT2D eigenvalue weighted by atomic mass is 16.5. The first-order valence-electron chi connectivity index (χ1n) is 10.0. The number of anilines is 1. The standard InChI is InChI=1S/C22H28N2O3/c1-16-11-18-15-27-21(26)22(18,12-16)13-17-5-7-19(8-6-17)23-20(25)14-24-9-3-2-4-10-24/h5-8,18H,1-4,9-15H2,(H,23,25). The smallest absolute Gasteiger partial charge is 0.313 e. The molecule has 1 saturated carbocycles.